The van der Waals surface area contributed by atoms with Crippen LogP contribution >= 0.6 is 22.7 Å². The maximum atomic E-state index is 4.45. The minimum Gasteiger partial charge on any atom is -0.231 e. The molecule has 0 bridgehead atoms. The smallest absolute Gasteiger partial charge is 0.134 e. The van der Waals surface area contributed by atoms with E-state index in [9.17, 15) is 0 Å². The van der Waals surface area contributed by atoms with Crippen LogP contribution in [0.2, 0.25) is 0 Å². The highest BCUT2D eigenvalue weighted by Gasteiger charge is 2.04. The number of thiophene rings is 1. The molecule has 0 fully saturated rings. The highest BCUT2D eigenvalue weighted by molar-refractivity contribution is 7.27. The van der Waals surface area contributed by atoms with Crippen LogP contribution in [0.15, 0.2) is 6.07 Å². The van der Waals surface area contributed by atoms with Gasteiger partial charge in [-0.15, -0.1) is 22.7 Å². The van der Waals surface area contributed by atoms with Crippen LogP contribution in [0.25, 0.3) is 9.53 Å². The first-order valence-corrected chi connectivity index (χ1v) is 5.78. The fraction of sp³-hybridized carbons (Fsp3) is 0.444. The van der Waals surface area contributed by atoms with Crippen LogP contribution in [0.1, 0.15) is 23.2 Å². The van der Waals surface area contributed by atoms with Crippen LogP contribution in [0.5, 0.6) is 0 Å². The van der Waals surface area contributed by atoms with Crippen LogP contribution in [0, 0.1) is 6.92 Å². The molecular weight excluding hydrogens is 186 g/mol. The van der Waals surface area contributed by atoms with E-state index in [1.54, 1.807) is 11.3 Å². The highest BCUT2D eigenvalue weighted by atomic mass is 32.1. The van der Waals surface area contributed by atoms with E-state index < -0.39 is 0 Å². The molecule has 0 radical (unpaired) electrons. The van der Waals surface area contributed by atoms with Crippen LogP contribution in [0.4, 0.5) is 0 Å². The average molecular weight is 197 g/mol. The second-order valence-corrected chi connectivity index (χ2v) is 5.21. The summed E-state index contributed by atoms with van der Waals surface area (Å²) in [4.78, 5) is 7.15. The van der Waals surface area contributed by atoms with Crippen molar-refractivity contribution in [1.29, 1.82) is 0 Å². The molecule has 0 amide bonds. The fourth-order valence-corrected chi connectivity index (χ4v) is 3.50. The Labute approximate surface area is 80.1 Å². The minimum atomic E-state index is 1.18. The van der Waals surface area contributed by atoms with E-state index in [0.717, 1.165) is 0 Å². The first-order chi connectivity index (χ1) is 5.79. The minimum absolute atomic E-state index is 1.18. The van der Waals surface area contributed by atoms with Crippen molar-refractivity contribution in [3.8, 4) is 0 Å². The predicted molar refractivity (Wildman–Crippen MR) is 56.2 cm³/mol. The molecule has 1 nitrogen and oxygen atoms in total. The van der Waals surface area contributed by atoms with Crippen molar-refractivity contribution in [2.75, 3.05) is 0 Å². The number of aryl methyl sites for hydroxylation is 2. The topological polar surface area (TPSA) is 12.9 Å². The quantitative estimate of drug-likeness (QED) is 0.716. The summed E-state index contributed by atoms with van der Waals surface area (Å²) in [6.07, 6.45) is 2.43. The first-order valence-electron chi connectivity index (χ1n) is 4.15. The molecule has 0 spiro atoms. The van der Waals surface area contributed by atoms with Crippen molar-refractivity contribution in [3.63, 3.8) is 0 Å². The van der Waals surface area contributed by atoms with Crippen molar-refractivity contribution >= 4 is 32.2 Å². The first kappa shape index (κ1) is 8.20. The lowest BCUT2D eigenvalue weighted by Crippen LogP contribution is -1.72. The zero-order valence-corrected chi connectivity index (χ0v) is 8.89. The number of aromatic nitrogens is 1. The molecule has 0 aliphatic heterocycles. The zero-order valence-electron chi connectivity index (χ0n) is 7.26. The third-order valence-electron chi connectivity index (χ3n) is 1.74. The number of nitrogens with zero attached hydrogens (tertiary/aromatic N) is 1. The molecule has 12 heavy (non-hydrogen) atoms. The van der Waals surface area contributed by atoms with Crippen molar-refractivity contribution in [1.82, 2.24) is 4.98 Å². The predicted octanol–water partition coefficient (Wildman–Crippen LogP) is 3.62. The summed E-state index contributed by atoms with van der Waals surface area (Å²) in [6.45, 7) is 4.28. The molecule has 0 saturated heterocycles. The van der Waals surface area contributed by atoms with Gasteiger partial charge in [-0.25, -0.2) is 4.98 Å². The molecule has 2 aromatic heterocycles. The molecule has 0 aliphatic carbocycles. The lowest BCUT2D eigenvalue weighted by Gasteiger charge is -1.87. The molecule has 2 aromatic rings. The van der Waals surface area contributed by atoms with Crippen molar-refractivity contribution in [2.45, 2.75) is 26.7 Å². The Bertz CT molecular complexity index is 355. The molecule has 0 atom stereocenters. The van der Waals surface area contributed by atoms with Gasteiger partial charge >= 0.3 is 0 Å². The number of hydrogen-bond donors (Lipinski definition) is 0. The third kappa shape index (κ3) is 1.39. The van der Waals surface area contributed by atoms with Crippen LogP contribution in [0.3, 0.4) is 0 Å². The molecule has 2 heterocycles. The largest absolute Gasteiger partial charge is 0.231 e. The van der Waals surface area contributed by atoms with Crippen molar-refractivity contribution in [2.24, 2.45) is 0 Å². The van der Waals surface area contributed by atoms with E-state index in [0.29, 0.717) is 0 Å². The van der Waals surface area contributed by atoms with Gasteiger partial charge in [0.15, 0.2) is 0 Å². The van der Waals surface area contributed by atoms with Crippen molar-refractivity contribution in [3.05, 3.63) is 16.0 Å². The Morgan fingerprint density at radius 3 is 2.92 bits per heavy atom. The maximum Gasteiger partial charge on any atom is 0.134 e. The number of fused-ring (bicyclic) bond motifs is 1. The molecule has 0 N–H and O–H groups in total. The second kappa shape index (κ2) is 3.15. The molecule has 0 saturated carbocycles. The summed E-state index contributed by atoms with van der Waals surface area (Å²) in [7, 11) is 0. The van der Waals surface area contributed by atoms with E-state index >= 15 is 0 Å². The summed E-state index contributed by atoms with van der Waals surface area (Å²) in [5.41, 5.74) is 0. The molecule has 3 heteroatoms. The van der Waals surface area contributed by atoms with Gasteiger partial charge in [-0.05, 0) is 19.4 Å². The Morgan fingerprint density at radius 2 is 2.25 bits per heavy atom. The summed E-state index contributed by atoms with van der Waals surface area (Å²) < 4.78 is 1.36. The Morgan fingerprint density at radius 1 is 1.42 bits per heavy atom. The van der Waals surface area contributed by atoms with Crippen LogP contribution in [-0.4, -0.2) is 4.98 Å². The van der Waals surface area contributed by atoms with Gasteiger partial charge in [-0.3, -0.25) is 0 Å². The van der Waals surface area contributed by atoms with Gasteiger partial charge in [0.2, 0.25) is 0 Å². The van der Waals surface area contributed by atoms with Crippen molar-refractivity contribution < 1.29 is 0 Å². The summed E-state index contributed by atoms with van der Waals surface area (Å²) in [5, 5.41) is 1.18. The van der Waals surface area contributed by atoms with Gasteiger partial charge in [-0.2, -0.15) is 0 Å². The standard InChI is InChI=1S/C9H11NS2/c1-3-4-7-5-8-9(12-7)10-6(2)11-8/h5H,3-4H2,1-2H3. The van der Waals surface area contributed by atoms with E-state index in [1.165, 1.54) is 32.3 Å². The van der Waals surface area contributed by atoms with E-state index in [1.807, 2.05) is 11.3 Å². The van der Waals surface area contributed by atoms with Gasteiger partial charge in [0.05, 0.1) is 9.71 Å². The van der Waals surface area contributed by atoms with Gasteiger partial charge in [0.1, 0.15) is 4.83 Å². The SMILES string of the molecule is CCCc1cc2sc(C)nc2s1. The normalized spacial score (nSPS) is 11.2. The second-order valence-electron chi connectivity index (χ2n) is 2.86. The zero-order chi connectivity index (χ0) is 8.55. The molecule has 0 aliphatic rings. The number of rotatable bonds is 2. The Kier molecular flexibility index (Phi) is 2.15. The molecular formula is C9H11NS2. The van der Waals surface area contributed by atoms with Gasteiger partial charge in [0, 0.05) is 4.88 Å². The fourth-order valence-electron chi connectivity index (χ4n) is 1.26. The van der Waals surface area contributed by atoms with Crippen LogP contribution in [-0.2, 0) is 6.42 Å². The number of hydrogen-bond acceptors (Lipinski definition) is 3. The van der Waals surface area contributed by atoms with Crippen LogP contribution < -0.4 is 0 Å². The molecule has 0 aromatic carbocycles. The van der Waals surface area contributed by atoms with Gasteiger partial charge in [0.25, 0.3) is 0 Å². The van der Waals surface area contributed by atoms with Gasteiger partial charge < -0.3 is 0 Å². The summed E-state index contributed by atoms with van der Waals surface area (Å²) in [5.74, 6) is 0. The Hall–Kier alpha value is -0.410. The lowest BCUT2D eigenvalue weighted by atomic mass is 10.3. The molecule has 64 valence electrons. The molecule has 0 unspecified atom stereocenters. The summed E-state index contributed by atoms with van der Waals surface area (Å²) >= 11 is 3.64. The van der Waals surface area contributed by atoms with E-state index in [-0.39, 0.29) is 0 Å². The Balaban J connectivity index is 2.43. The monoisotopic (exact) mass is 197 g/mol. The number of thiazole rings is 1. The van der Waals surface area contributed by atoms with Gasteiger partial charge in [-0.1, -0.05) is 13.3 Å². The third-order valence-corrected chi connectivity index (χ3v) is 3.88. The molecule has 2 rings (SSSR count). The van der Waals surface area contributed by atoms with E-state index in [4.69, 9.17) is 0 Å². The lowest BCUT2D eigenvalue weighted by molar-refractivity contribution is 0.941. The summed E-state index contributed by atoms with van der Waals surface area (Å²) in [6, 6.07) is 2.29. The van der Waals surface area contributed by atoms with E-state index in [2.05, 4.69) is 24.9 Å². The highest BCUT2D eigenvalue weighted by Crippen LogP contribution is 2.30. The average Bonchev–Trinajstić information content (AvgIpc) is 2.44. The maximum absolute atomic E-state index is 4.45.